The Labute approximate surface area is 146 Å². The molecule has 0 spiro atoms. The highest BCUT2D eigenvalue weighted by Crippen LogP contribution is 2.20. The molecule has 2 saturated heterocycles. The topological polar surface area (TPSA) is 41.4 Å². The van der Waals surface area contributed by atoms with Gasteiger partial charge in [-0.15, -0.1) is 0 Å². The number of aromatic nitrogens is 2. The van der Waals surface area contributed by atoms with Gasteiger partial charge in [0, 0.05) is 25.3 Å². The highest BCUT2D eigenvalue weighted by Gasteiger charge is 2.24. The van der Waals surface area contributed by atoms with Crippen LogP contribution in [0.15, 0.2) is 6.07 Å². The molecule has 2 aliphatic rings. The smallest absolute Gasteiger partial charge is 0.236 e. The monoisotopic (exact) mass is 332 g/mol. The first-order valence-corrected chi connectivity index (χ1v) is 9.63. The maximum absolute atomic E-state index is 12.5. The SMILES string of the molecule is Cc1cc(C)n(CC2CCN(CC(=O)N3CCCCCC3)CC2)n1. The number of hydrogen-bond donors (Lipinski definition) is 0. The first-order chi connectivity index (χ1) is 11.6. The summed E-state index contributed by atoms with van der Waals surface area (Å²) in [5.41, 5.74) is 2.36. The van der Waals surface area contributed by atoms with Crippen molar-refractivity contribution in [3.8, 4) is 0 Å². The van der Waals surface area contributed by atoms with E-state index in [2.05, 4.69) is 39.5 Å². The summed E-state index contributed by atoms with van der Waals surface area (Å²) < 4.78 is 2.15. The molecule has 5 nitrogen and oxygen atoms in total. The highest BCUT2D eigenvalue weighted by atomic mass is 16.2. The van der Waals surface area contributed by atoms with Crippen LogP contribution in [0.4, 0.5) is 0 Å². The maximum Gasteiger partial charge on any atom is 0.236 e. The van der Waals surface area contributed by atoms with Gasteiger partial charge in [0.25, 0.3) is 0 Å². The number of likely N-dealkylation sites (tertiary alicyclic amines) is 2. The second kappa shape index (κ2) is 8.15. The van der Waals surface area contributed by atoms with Crippen LogP contribution in [-0.4, -0.2) is 58.2 Å². The van der Waals surface area contributed by atoms with Crippen LogP contribution in [0.5, 0.6) is 0 Å². The number of rotatable bonds is 4. The zero-order chi connectivity index (χ0) is 16.9. The first kappa shape index (κ1) is 17.5. The number of amides is 1. The van der Waals surface area contributed by atoms with E-state index in [-0.39, 0.29) is 0 Å². The number of hydrogen-bond acceptors (Lipinski definition) is 3. The second-order valence-corrected chi connectivity index (χ2v) is 7.62. The summed E-state index contributed by atoms with van der Waals surface area (Å²) >= 11 is 0. The average molecular weight is 332 g/mol. The molecule has 0 unspecified atom stereocenters. The van der Waals surface area contributed by atoms with Crippen molar-refractivity contribution in [2.45, 2.75) is 58.9 Å². The maximum atomic E-state index is 12.5. The molecule has 5 heteroatoms. The number of piperidine rings is 1. The zero-order valence-electron chi connectivity index (χ0n) is 15.3. The summed E-state index contributed by atoms with van der Waals surface area (Å²) in [7, 11) is 0. The van der Waals surface area contributed by atoms with Gasteiger partial charge in [0.2, 0.25) is 5.91 Å². The molecule has 0 bridgehead atoms. The molecule has 3 heterocycles. The number of nitrogens with zero attached hydrogens (tertiary/aromatic N) is 4. The quantitative estimate of drug-likeness (QED) is 0.851. The van der Waals surface area contributed by atoms with Gasteiger partial charge in [-0.05, 0) is 64.6 Å². The summed E-state index contributed by atoms with van der Waals surface area (Å²) in [6.45, 7) is 9.85. The van der Waals surface area contributed by atoms with E-state index in [0.717, 1.165) is 38.4 Å². The fourth-order valence-electron chi connectivity index (χ4n) is 4.04. The largest absolute Gasteiger partial charge is 0.342 e. The Kier molecular flexibility index (Phi) is 5.93. The summed E-state index contributed by atoms with van der Waals surface area (Å²) in [5, 5.41) is 4.58. The van der Waals surface area contributed by atoms with E-state index in [0.29, 0.717) is 18.4 Å². The number of carbonyl (C=O) groups excluding carboxylic acids is 1. The Balaban J connectivity index is 1.43. The highest BCUT2D eigenvalue weighted by molar-refractivity contribution is 5.78. The Bertz CT molecular complexity index is 538. The molecule has 24 heavy (non-hydrogen) atoms. The van der Waals surface area contributed by atoms with Crippen molar-refractivity contribution in [2.75, 3.05) is 32.7 Å². The fourth-order valence-corrected chi connectivity index (χ4v) is 4.04. The van der Waals surface area contributed by atoms with Crippen LogP contribution in [-0.2, 0) is 11.3 Å². The lowest BCUT2D eigenvalue weighted by Gasteiger charge is -2.33. The molecular formula is C19H32N4O. The molecule has 2 aliphatic heterocycles. The Hall–Kier alpha value is -1.36. The van der Waals surface area contributed by atoms with Crippen molar-refractivity contribution >= 4 is 5.91 Å². The molecule has 2 fully saturated rings. The van der Waals surface area contributed by atoms with E-state index in [1.807, 2.05) is 0 Å². The summed E-state index contributed by atoms with van der Waals surface area (Å²) in [5.74, 6) is 1.03. The van der Waals surface area contributed by atoms with Crippen LogP contribution in [0.25, 0.3) is 0 Å². The predicted octanol–water partition coefficient (Wildman–Crippen LogP) is 2.61. The summed E-state index contributed by atoms with van der Waals surface area (Å²) in [4.78, 5) is 17.0. The zero-order valence-corrected chi connectivity index (χ0v) is 15.3. The lowest BCUT2D eigenvalue weighted by molar-refractivity contribution is -0.132. The molecule has 0 atom stereocenters. The molecular weight excluding hydrogens is 300 g/mol. The van der Waals surface area contributed by atoms with Gasteiger partial charge in [0.05, 0.1) is 12.2 Å². The molecule has 0 radical (unpaired) electrons. The van der Waals surface area contributed by atoms with Crippen LogP contribution in [0.1, 0.15) is 49.9 Å². The Morgan fingerprint density at radius 3 is 2.33 bits per heavy atom. The van der Waals surface area contributed by atoms with E-state index < -0.39 is 0 Å². The first-order valence-electron chi connectivity index (χ1n) is 9.63. The molecule has 0 aromatic carbocycles. The summed E-state index contributed by atoms with van der Waals surface area (Å²) in [6.07, 6.45) is 7.26. The van der Waals surface area contributed by atoms with Crippen molar-refractivity contribution in [1.29, 1.82) is 0 Å². The fraction of sp³-hybridized carbons (Fsp3) is 0.789. The van der Waals surface area contributed by atoms with Crippen LogP contribution in [0.2, 0.25) is 0 Å². The lowest BCUT2D eigenvalue weighted by Crippen LogP contribution is -2.44. The lowest BCUT2D eigenvalue weighted by atomic mass is 9.97. The van der Waals surface area contributed by atoms with Gasteiger partial charge < -0.3 is 4.90 Å². The van der Waals surface area contributed by atoms with E-state index in [1.54, 1.807) is 0 Å². The van der Waals surface area contributed by atoms with Crippen molar-refractivity contribution in [2.24, 2.45) is 5.92 Å². The number of aryl methyl sites for hydroxylation is 2. The third-order valence-electron chi connectivity index (χ3n) is 5.56. The third kappa shape index (κ3) is 4.59. The van der Waals surface area contributed by atoms with Crippen LogP contribution in [0, 0.1) is 19.8 Å². The van der Waals surface area contributed by atoms with Crippen LogP contribution in [0.3, 0.4) is 0 Å². The normalized spacial score (nSPS) is 21.0. The molecule has 1 aromatic rings. The molecule has 0 N–H and O–H groups in total. The Morgan fingerprint density at radius 2 is 1.75 bits per heavy atom. The minimum Gasteiger partial charge on any atom is -0.342 e. The Morgan fingerprint density at radius 1 is 1.08 bits per heavy atom. The minimum atomic E-state index is 0.342. The minimum absolute atomic E-state index is 0.342. The molecule has 134 valence electrons. The van der Waals surface area contributed by atoms with Gasteiger partial charge in [-0.3, -0.25) is 14.4 Å². The van der Waals surface area contributed by atoms with Gasteiger partial charge in [-0.25, -0.2) is 0 Å². The average Bonchev–Trinajstić information content (AvgIpc) is 2.78. The van der Waals surface area contributed by atoms with Gasteiger partial charge in [0.1, 0.15) is 0 Å². The number of carbonyl (C=O) groups is 1. The van der Waals surface area contributed by atoms with Gasteiger partial charge >= 0.3 is 0 Å². The third-order valence-corrected chi connectivity index (χ3v) is 5.56. The van der Waals surface area contributed by atoms with Crippen molar-refractivity contribution in [1.82, 2.24) is 19.6 Å². The second-order valence-electron chi connectivity index (χ2n) is 7.62. The summed E-state index contributed by atoms with van der Waals surface area (Å²) in [6, 6.07) is 2.15. The molecule has 3 rings (SSSR count). The van der Waals surface area contributed by atoms with Gasteiger partial charge in [-0.2, -0.15) is 5.10 Å². The molecule has 1 amide bonds. The van der Waals surface area contributed by atoms with E-state index in [1.165, 1.54) is 44.2 Å². The molecule has 1 aromatic heterocycles. The van der Waals surface area contributed by atoms with E-state index in [4.69, 9.17) is 0 Å². The van der Waals surface area contributed by atoms with E-state index >= 15 is 0 Å². The van der Waals surface area contributed by atoms with Crippen molar-refractivity contribution in [3.05, 3.63) is 17.5 Å². The standard InChI is InChI=1S/C19H32N4O/c1-16-13-17(2)23(20-16)14-18-7-11-21(12-8-18)15-19(24)22-9-5-3-4-6-10-22/h13,18H,3-12,14-15H2,1-2H3. The molecule has 0 saturated carbocycles. The van der Waals surface area contributed by atoms with Crippen LogP contribution >= 0.6 is 0 Å². The van der Waals surface area contributed by atoms with Gasteiger partial charge in [0.15, 0.2) is 0 Å². The van der Waals surface area contributed by atoms with Crippen molar-refractivity contribution in [3.63, 3.8) is 0 Å². The molecule has 0 aliphatic carbocycles. The van der Waals surface area contributed by atoms with E-state index in [9.17, 15) is 4.79 Å². The predicted molar refractivity (Wildman–Crippen MR) is 95.9 cm³/mol. The van der Waals surface area contributed by atoms with Crippen LogP contribution < -0.4 is 0 Å². The van der Waals surface area contributed by atoms with Gasteiger partial charge in [-0.1, -0.05) is 12.8 Å². The van der Waals surface area contributed by atoms with Crippen molar-refractivity contribution < 1.29 is 4.79 Å².